The van der Waals surface area contributed by atoms with Crippen molar-refractivity contribution in [2.24, 2.45) is 0 Å². The molecule has 0 spiro atoms. The van der Waals surface area contributed by atoms with Gasteiger partial charge in [-0.05, 0) is 63.2 Å². The Morgan fingerprint density at radius 2 is 1.77 bits per heavy atom. The van der Waals surface area contributed by atoms with Crippen LogP contribution in [0.1, 0.15) is 32.0 Å². The van der Waals surface area contributed by atoms with Gasteiger partial charge in [-0.1, -0.05) is 6.07 Å². The summed E-state index contributed by atoms with van der Waals surface area (Å²) >= 11 is 1.10. The first kappa shape index (κ1) is 23.2. The Hall–Kier alpha value is -2.49. The monoisotopic (exact) mass is 454 g/mol. The molecular weight excluding hydrogens is 429 g/mol. The first-order valence-corrected chi connectivity index (χ1v) is 10.7. The van der Waals surface area contributed by atoms with Gasteiger partial charge in [-0.15, -0.1) is 0 Å². The molecule has 2 heterocycles. The van der Waals surface area contributed by atoms with E-state index in [1.807, 2.05) is 45.9 Å². The van der Waals surface area contributed by atoms with E-state index in [2.05, 4.69) is 14.9 Å². The fourth-order valence-electron chi connectivity index (χ4n) is 3.07. The number of nitrogens with zero attached hydrogens (tertiary/aromatic N) is 4. The van der Waals surface area contributed by atoms with E-state index in [-0.39, 0.29) is 11.2 Å². The highest BCUT2D eigenvalue weighted by atomic mass is 32.2. The number of carbonyl (C=O) groups is 1. The molecule has 0 aliphatic carbocycles. The summed E-state index contributed by atoms with van der Waals surface area (Å²) in [5, 5.41) is 0.0362. The van der Waals surface area contributed by atoms with E-state index in [4.69, 9.17) is 4.74 Å². The van der Waals surface area contributed by atoms with E-state index in [1.54, 1.807) is 4.90 Å². The molecule has 0 radical (unpaired) electrons. The summed E-state index contributed by atoms with van der Waals surface area (Å²) in [6, 6.07) is 6.65. The van der Waals surface area contributed by atoms with Crippen molar-refractivity contribution in [1.29, 1.82) is 0 Å². The molecule has 1 aromatic heterocycles. The van der Waals surface area contributed by atoms with Gasteiger partial charge < -0.3 is 14.5 Å². The zero-order valence-electron chi connectivity index (χ0n) is 17.9. The number of alkyl halides is 3. The van der Waals surface area contributed by atoms with Crippen LogP contribution in [0.25, 0.3) is 0 Å². The van der Waals surface area contributed by atoms with E-state index in [9.17, 15) is 18.0 Å². The van der Waals surface area contributed by atoms with Crippen molar-refractivity contribution in [2.75, 3.05) is 31.1 Å². The summed E-state index contributed by atoms with van der Waals surface area (Å²) in [6.45, 7) is 9.55. The first-order chi connectivity index (χ1) is 14.4. The number of hydrogen-bond acceptors (Lipinski definition) is 6. The largest absolute Gasteiger partial charge is 0.444 e. The average molecular weight is 455 g/mol. The Kier molecular flexibility index (Phi) is 6.68. The molecule has 1 amide bonds. The second-order valence-corrected chi connectivity index (χ2v) is 9.26. The molecule has 6 nitrogen and oxygen atoms in total. The third kappa shape index (κ3) is 6.25. The van der Waals surface area contributed by atoms with E-state index < -0.39 is 17.5 Å². The minimum atomic E-state index is -4.52. The van der Waals surface area contributed by atoms with Crippen LogP contribution in [0.3, 0.4) is 0 Å². The van der Waals surface area contributed by atoms with Gasteiger partial charge in [0, 0.05) is 37.3 Å². The molecule has 1 fully saturated rings. The van der Waals surface area contributed by atoms with Crippen LogP contribution in [-0.4, -0.2) is 52.7 Å². The fourth-order valence-corrected chi connectivity index (χ4v) is 4.07. The van der Waals surface area contributed by atoms with Crippen LogP contribution >= 0.6 is 11.8 Å². The molecule has 3 rings (SSSR count). The summed E-state index contributed by atoms with van der Waals surface area (Å²) in [6.07, 6.45) is -3.75. The first-order valence-electron chi connectivity index (χ1n) is 9.84. The quantitative estimate of drug-likeness (QED) is 0.608. The van der Waals surface area contributed by atoms with E-state index in [0.717, 1.165) is 40.2 Å². The number of amides is 1. The van der Waals surface area contributed by atoms with E-state index >= 15 is 0 Å². The predicted molar refractivity (Wildman–Crippen MR) is 112 cm³/mol. The zero-order valence-corrected chi connectivity index (χ0v) is 18.7. The second kappa shape index (κ2) is 8.94. The van der Waals surface area contributed by atoms with Gasteiger partial charge in [0.2, 0.25) is 0 Å². The highest BCUT2D eigenvalue weighted by Gasteiger charge is 2.33. The maximum Gasteiger partial charge on any atom is 0.433 e. The molecule has 10 heteroatoms. The van der Waals surface area contributed by atoms with Crippen molar-refractivity contribution in [1.82, 2.24) is 14.9 Å². The molecule has 168 valence electrons. The van der Waals surface area contributed by atoms with Gasteiger partial charge in [0.05, 0.1) is 5.69 Å². The number of hydrogen-bond donors (Lipinski definition) is 0. The van der Waals surface area contributed by atoms with Gasteiger partial charge >= 0.3 is 12.3 Å². The lowest BCUT2D eigenvalue weighted by Crippen LogP contribution is -2.50. The Labute approximate surface area is 183 Å². The number of anilines is 1. The molecule has 0 saturated carbocycles. The highest BCUT2D eigenvalue weighted by Crippen LogP contribution is 2.36. The van der Waals surface area contributed by atoms with E-state index in [0.29, 0.717) is 26.2 Å². The van der Waals surface area contributed by atoms with Crippen LogP contribution in [0, 0.1) is 6.92 Å². The summed E-state index contributed by atoms with van der Waals surface area (Å²) in [5.41, 5.74) is 0.330. The molecule has 2 aromatic rings. The van der Waals surface area contributed by atoms with Gasteiger partial charge in [0.1, 0.15) is 11.3 Å². The SMILES string of the molecule is Cc1ccc(N2CCN(C(=O)OC(C)(C)C)CC2)c(Sc2nccc(C(F)(F)F)n2)c1. The van der Waals surface area contributed by atoms with Gasteiger partial charge in [-0.2, -0.15) is 13.2 Å². The van der Waals surface area contributed by atoms with Crippen molar-refractivity contribution in [3.05, 3.63) is 41.7 Å². The number of aryl methyl sites for hydroxylation is 1. The molecule has 31 heavy (non-hydrogen) atoms. The molecule has 0 unspecified atom stereocenters. The van der Waals surface area contributed by atoms with Crippen LogP contribution < -0.4 is 4.90 Å². The topological polar surface area (TPSA) is 58.6 Å². The van der Waals surface area contributed by atoms with Crippen molar-refractivity contribution in [2.45, 2.75) is 49.5 Å². The third-order valence-corrected chi connectivity index (χ3v) is 5.44. The fraction of sp³-hybridized carbons (Fsp3) is 0.476. The molecule has 0 bridgehead atoms. The van der Waals surface area contributed by atoms with Crippen molar-refractivity contribution >= 4 is 23.5 Å². The Morgan fingerprint density at radius 1 is 1.10 bits per heavy atom. The second-order valence-electron chi connectivity index (χ2n) is 8.25. The number of carbonyl (C=O) groups excluding carboxylic acids is 1. The lowest BCUT2D eigenvalue weighted by molar-refractivity contribution is -0.141. The van der Waals surface area contributed by atoms with Crippen molar-refractivity contribution < 1.29 is 22.7 Å². The molecule has 1 saturated heterocycles. The number of benzene rings is 1. The maximum atomic E-state index is 13.0. The Balaban J connectivity index is 1.75. The Bertz CT molecular complexity index is 939. The predicted octanol–water partition coefficient (Wildman–Crippen LogP) is 5.01. The van der Waals surface area contributed by atoms with Crippen LogP contribution in [0.4, 0.5) is 23.7 Å². The minimum absolute atomic E-state index is 0.0362. The van der Waals surface area contributed by atoms with Gasteiger partial charge in [-0.3, -0.25) is 0 Å². The smallest absolute Gasteiger partial charge is 0.433 e. The molecule has 1 aromatic carbocycles. The maximum absolute atomic E-state index is 13.0. The molecular formula is C21H25F3N4O2S. The van der Waals surface area contributed by atoms with Gasteiger partial charge in [0.25, 0.3) is 0 Å². The highest BCUT2D eigenvalue weighted by molar-refractivity contribution is 7.99. The third-order valence-electron chi connectivity index (χ3n) is 4.51. The molecule has 1 aliphatic rings. The number of aromatic nitrogens is 2. The lowest BCUT2D eigenvalue weighted by Gasteiger charge is -2.37. The summed E-state index contributed by atoms with van der Waals surface area (Å²) in [7, 11) is 0. The van der Waals surface area contributed by atoms with E-state index in [1.165, 1.54) is 0 Å². The molecule has 0 atom stereocenters. The number of piperazine rings is 1. The molecule has 1 aliphatic heterocycles. The van der Waals surface area contributed by atoms with Gasteiger partial charge in [0.15, 0.2) is 5.16 Å². The standard InChI is InChI=1S/C21H25F3N4O2S/c1-14-5-6-15(27-9-11-28(12-10-27)19(29)30-20(2,3)4)16(13-14)31-18-25-8-7-17(26-18)21(22,23)24/h5-8,13H,9-12H2,1-4H3. The van der Waals surface area contributed by atoms with Crippen molar-refractivity contribution in [3.63, 3.8) is 0 Å². The van der Waals surface area contributed by atoms with Crippen LogP contribution in [0.5, 0.6) is 0 Å². The van der Waals surface area contributed by atoms with Crippen LogP contribution in [-0.2, 0) is 10.9 Å². The number of halogens is 3. The Morgan fingerprint density at radius 3 is 2.39 bits per heavy atom. The lowest BCUT2D eigenvalue weighted by atomic mass is 10.2. The van der Waals surface area contributed by atoms with Gasteiger partial charge in [-0.25, -0.2) is 14.8 Å². The summed E-state index contributed by atoms with van der Waals surface area (Å²) in [4.78, 5) is 24.5. The minimum Gasteiger partial charge on any atom is -0.444 e. The van der Waals surface area contributed by atoms with Crippen LogP contribution in [0.2, 0.25) is 0 Å². The molecule has 0 N–H and O–H groups in total. The zero-order chi connectivity index (χ0) is 22.8. The number of ether oxygens (including phenoxy) is 1. The van der Waals surface area contributed by atoms with Crippen LogP contribution in [0.15, 0.2) is 40.5 Å². The normalized spacial score (nSPS) is 15.2. The summed E-state index contributed by atoms with van der Waals surface area (Å²) < 4.78 is 44.4. The van der Waals surface area contributed by atoms with Crippen molar-refractivity contribution in [3.8, 4) is 0 Å². The number of rotatable bonds is 3. The summed E-state index contributed by atoms with van der Waals surface area (Å²) in [5.74, 6) is 0. The average Bonchev–Trinajstić information content (AvgIpc) is 2.66.